The van der Waals surface area contributed by atoms with E-state index in [0.717, 1.165) is 67.5 Å². The number of hydrogen-bond acceptors (Lipinski definition) is 5. The summed E-state index contributed by atoms with van der Waals surface area (Å²) in [6.07, 6.45) is 3.92. The van der Waals surface area contributed by atoms with Crippen LogP contribution in [0, 0.1) is 11.6 Å². The first kappa shape index (κ1) is 25.2. The lowest BCUT2D eigenvalue weighted by Crippen LogP contribution is -2.34. The van der Waals surface area contributed by atoms with Crippen molar-refractivity contribution >= 4 is 11.0 Å². The zero-order chi connectivity index (χ0) is 25.8. The summed E-state index contributed by atoms with van der Waals surface area (Å²) < 4.78 is 43.5. The molecule has 0 radical (unpaired) electrons. The number of rotatable bonds is 9. The van der Waals surface area contributed by atoms with Gasteiger partial charge in [0.2, 0.25) is 0 Å². The standard InChI is InChI=1S/C30H32F2N2O3/c1-35-28-18-26-27(19-29(28)36-2)37-33-30(26)22-13-16-34(17-14-22)15-3-4-25(20-5-9-23(31)10-6-20)21-7-11-24(32)12-8-21/h5-12,18-19,22,25H,3-4,13-17H2,1-2H3. The average molecular weight is 507 g/mol. The quantitative estimate of drug-likeness (QED) is 0.247. The average Bonchev–Trinajstić information content (AvgIpc) is 3.35. The second-order valence-corrected chi connectivity index (χ2v) is 9.68. The van der Waals surface area contributed by atoms with Crippen LogP contribution in [0.1, 0.15) is 54.3 Å². The summed E-state index contributed by atoms with van der Waals surface area (Å²) >= 11 is 0. The van der Waals surface area contributed by atoms with E-state index in [1.54, 1.807) is 14.2 Å². The van der Waals surface area contributed by atoms with Crippen LogP contribution in [0.15, 0.2) is 65.2 Å². The highest BCUT2D eigenvalue weighted by Crippen LogP contribution is 2.38. The highest BCUT2D eigenvalue weighted by Gasteiger charge is 2.26. The van der Waals surface area contributed by atoms with E-state index < -0.39 is 0 Å². The zero-order valence-electron chi connectivity index (χ0n) is 21.3. The fourth-order valence-electron chi connectivity index (χ4n) is 5.44. The summed E-state index contributed by atoms with van der Waals surface area (Å²) in [4.78, 5) is 2.49. The molecule has 1 aromatic heterocycles. The van der Waals surface area contributed by atoms with Gasteiger partial charge in [0.1, 0.15) is 11.6 Å². The van der Waals surface area contributed by atoms with Gasteiger partial charge in [-0.1, -0.05) is 29.4 Å². The van der Waals surface area contributed by atoms with E-state index in [1.165, 1.54) is 24.3 Å². The Morgan fingerprint density at radius 3 is 2.03 bits per heavy atom. The van der Waals surface area contributed by atoms with E-state index >= 15 is 0 Å². The lowest BCUT2D eigenvalue weighted by molar-refractivity contribution is 0.205. The highest BCUT2D eigenvalue weighted by molar-refractivity contribution is 5.84. The first-order valence-corrected chi connectivity index (χ1v) is 12.8. The molecule has 1 aliphatic heterocycles. The van der Waals surface area contributed by atoms with Gasteiger partial charge in [-0.15, -0.1) is 0 Å². The summed E-state index contributed by atoms with van der Waals surface area (Å²) in [6, 6.07) is 17.1. The molecule has 5 rings (SSSR count). The van der Waals surface area contributed by atoms with Crippen molar-refractivity contribution in [3.63, 3.8) is 0 Å². The topological polar surface area (TPSA) is 47.7 Å². The Bertz CT molecular complexity index is 1270. The van der Waals surface area contributed by atoms with Crippen LogP contribution in [-0.2, 0) is 0 Å². The van der Waals surface area contributed by atoms with Gasteiger partial charge in [-0.2, -0.15) is 0 Å². The number of hydrogen-bond donors (Lipinski definition) is 0. The molecule has 0 N–H and O–H groups in total. The molecule has 0 saturated carbocycles. The maximum atomic E-state index is 13.5. The van der Waals surface area contributed by atoms with E-state index in [-0.39, 0.29) is 17.6 Å². The van der Waals surface area contributed by atoms with Crippen molar-refractivity contribution in [2.45, 2.75) is 37.5 Å². The minimum absolute atomic E-state index is 0.104. The highest BCUT2D eigenvalue weighted by atomic mass is 19.1. The van der Waals surface area contributed by atoms with Crippen LogP contribution in [0.3, 0.4) is 0 Å². The van der Waals surface area contributed by atoms with Gasteiger partial charge in [-0.05, 0) is 86.8 Å². The molecule has 194 valence electrons. The molecule has 37 heavy (non-hydrogen) atoms. The fourth-order valence-corrected chi connectivity index (χ4v) is 5.44. The van der Waals surface area contributed by atoms with E-state index in [0.29, 0.717) is 23.0 Å². The first-order valence-electron chi connectivity index (χ1n) is 12.8. The van der Waals surface area contributed by atoms with Gasteiger partial charge < -0.3 is 18.9 Å². The molecule has 0 amide bonds. The molecule has 0 bridgehead atoms. The Morgan fingerprint density at radius 2 is 1.46 bits per heavy atom. The van der Waals surface area contributed by atoms with Crippen molar-refractivity contribution in [2.75, 3.05) is 33.9 Å². The van der Waals surface area contributed by atoms with Gasteiger partial charge in [-0.25, -0.2) is 8.78 Å². The molecule has 2 heterocycles. The number of benzene rings is 3. The van der Waals surface area contributed by atoms with Crippen LogP contribution < -0.4 is 9.47 Å². The second kappa shape index (κ2) is 11.3. The molecule has 0 spiro atoms. The molecular formula is C30H32F2N2O3. The summed E-state index contributed by atoms with van der Waals surface area (Å²) in [5, 5.41) is 5.39. The van der Waals surface area contributed by atoms with Gasteiger partial charge in [0, 0.05) is 23.3 Å². The number of halogens is 2. The maximum Gasteiger partial charge on any atom is 0.171 e. The van der Waals surface area contributed by atoms with Crippen LogP contribution in [-0.4, -0.2) is 43.9 Å². The van der Waals surface area contributed by atoms with E-state index in [1.807, 2.05) is 36.4 Å². The minimum atomic E-state index is -0.248. The Kier molecular flexibility index (Phi) is 7.70. The van der Waals surface area contributed by atoms with Gasteiger partial charge >= 0.3 is 0 Å². The smallest absolute Gasteiger partial charge is 0.171 e. The van der Waals surface area contributed by atoms with Gasteiger partial charge in [0.05, 0.1) is 19.9 Å². The van der Waals surface area contributed by atoms with Crippen LogP contribution in [0.5, 0.6) is 11.5 Å². The Hall–Kier alpha value is -3.45. The molecule has 1 saturated heterocycles. The Balaban J connectivity index is 1.20. The Morgan fingerprint density at radius 1 is 0.892 bits per heavy atom. The van der Waals surface area contributed by atoms with Crippen molar-refractivity contribution in [3.05, 3.63) is 89.1 Å². The molecule has 0 aliphatic carbocycles. The third-order valence-corrected chi connectivity index (χ3v) is 7.49. The summed E-state index contributed by atoms with van der Waals surface area (Å²) in [5.74, 6) is 1.25. The lowest BCUT2D eigenvalue weighted by Gasteiger charge is -2.31. The SMILES string of the molecule is COc1cc2onc(C3CCN(CCCC(c4ccc(F)cc4)c4ccc(F)cc4)CC3)c2cc1OC. The number of aromatic nitrogens is 1. The monoisotopic (exact) mass is 506 g/mol. The number of likely N-dealkylation sites (tertiary alicyclic amines) is 1. The minimum Gasteiger partial charge on any atom is -0.493 e. The van der Waals surface area contributed by atoms with Crippen molar-refractivity contribution in [1.29, 1.82) is 0 Å². The zero-order valence-corrected chi connectivity index (χ0v) is 21.3. The van der Waals surface area contributed by atoms with E-state index in [9.17, 15) is 8.78 Å². The molecular weight excluding hydrogens is 474 g/mol. The predicted octanol–water partition coefficient (Wildman–Crippen LogP) is 6.91. The van der Waals surface area contributed by atoms with Gasteiger partial charge in [0.15, 0.2) is 17.1 Å². The molecule has 1 aliphatic rings. The molecule has 0 atom stereocenters. The van der Waals surface area contributed by atoms with E-state index in [2.05, 4.69) is 10.1 Å². The first-order chi connectivity index (χ1) is 18.1. The number of methoxy groups -OCH3 is 2. The molecule has 3 aromatic carbocycles. The third-order valence-electron chi connectivity index (χ3n) is 7.49. The van der Waals surface area contributed by atoms with Crippen molar-refractivity contribution < 1.29 is 22.8 Å². The predicted molar refractivity (Wildman–Crippen MR) is 139 cm³/mol. The van der Waals surface area contributed by atoms with Crippen LogP contribution >= 0.6 is 0 Å². The number of ether oxygens (including phenoxy) is 2. The second-order valence-electron chi connectivity index (χ2n) is 9.68. The number of piperidine rings is 1. The van der Waals surface area contributed by atoms with Crippen LogP contribution in [0.4, 0.5) is 8.78 Å². The van der Waals surface area contributed by atoms with E-state index in [4.69, 9.17) is 14.0 Å². The Labute approximate surface area is 216 Å². The van der Waals surface area contributed by atoms with Crippen molar-refractivity contribution in [3.8, 4) is 11.5 Å². The fraction of sp³-hybridized carbons (Fsp3) is 0.367. The summed E-state index contributed by atoms with van der Waals surface area (Å²) in [5.41, 5.74) is 3.80. The number of nitrogens with zero attached hydrogens (tertiary/aromatic N) is 2. The van der Waals surface area contributed by atoms with Crippen molar-refractivity contribution in [2.24, 2.45) is 0 Å². The van der Waals surface area contributed by atoms with Crippen LogP contribution in [0.2, 0.25) is 0 Å². The molecule has 1 fully saturated rings. The molecule has 5 nitrogen and oxygen atoms in total. The van der Waals surface area contributed by atoms with Crippen molar-refractivity contribution in [1.82, 2.24) is 10.1 Å². The molecule has 4 aromatic rings. The van der Waals surface area contributed by atoms with Gasteiger partial charge in [-0.3, -0.25) is 0 Å². The largest absolute Gasteiger partial charge is 0.493 e. The summed E-state index contributed by atoms with van der Waals surface area (Å²) in [7, 11) is 3.24. The third kappa shape index (κ3) is 5.62. The summed E-state index contributed by atoms with van der Waals surface area (Å²) in [6.45, 7) is 2.96. The number of fused-ring (bicyclic) bond motifs is 1. The molecule has 7 heteroatoms. The lowest BCUT2D eigenvalue weighted by atomic mass is 9.87. The normalized spacial score (nSPS) is 14.9. The van der Waals surface area contributed by atoms with Gasteiger partial charge in [0.25, 0.3) is 0 Å². The maximum absolute atomic E-state index is 13.5. The molecule has 0 unspecified atom stereocenters. The van der Waals surface area contributed by atoms with Crippen LogP contribution in [0.25, 0.3) is 11.0 Å².